The monoisotopic (exact) mass is 536 g/mol. The molecule has 4 heterocycles. The van der Waals surface area contributed by atoms with Crippen molar-refractivity contribution in [1.29, 1.82) is 0 Å². The topological polar surface area (TPSA) is 106 Å². The standard InChI is InChI=1S/C30H36N10/c1-37-15-17-39(18-16-37)22-11-13-23(14-12-22)40-29-26(28(31)32-19-33-29)27(36-40)20-7-9-21(10-8-20)34-30-35-24-5-3-4-6-25(24)38(30)2/h3-10,19,22-23H,11-18H2,1-2H3,(H,34,35)(H2,31,32,33)/t22-,23+. The Morgan fingerprint density at radius 1 is 0.850 bits per heavy atom. The molecular weight excluding hydrogens is 500 g/mol. The van der Waals surface area contributed by atoms with Gasteiger partial charge < -0.3 is 20.5 Å². The van der Waals surface area contributed by atoms with Gasteiger partial charge in [-0.2, -0.15) is 5.10 Å². The maximum atomic E-state index is 6.42. The van der Waals surface area contributed by atoms with E-state index in [1.807, 2.05) is 25.2 Å². The van der Waals surface area contributed by atoms with Crippen LogP contribution in [0.2, 0.25) is 0 Å². The van der Waals surface area contributed by atoms with E-state index in [0.29, 0.717) is 17.9 Å². The van der Waals surface area contributed by atoms with Crippen molar-refractivity contribution in [3.05, 3.63) is 54.9 Å². The Morgan fingerprint density at radius 2 is 1.57 bits per heavy atom. The number of nitrogen functional groups attached to an aromatic ring is 1. The molecule has 7 rings (SSSR count). The number of hydrogen-bond acceptors (Lipinski definition) is 8. The van der Waals surface area contributed by atoms with Crippen LogP contribution in [0.25, 0.3) is 33.3 Å². The molecular formula is C30H36N10. The van der Waals surface area contributed by atoms with Crippen LogP contribution in [-0.4, -0.2) is 78.4 Å². The van der Waals surface area contributed by atoms with Crippen LogP contribution in [-0.2, 0) is 7.05 Å². The molecule has 2 aliphatic rings. The number of fused-ring (bicyclic) bond motifs is 2. The van der Waals surface area contributed by atoms with Crippen molar-refractivity contribution >= 4 is 39.5 Å². The van der Waals surface area contributed by atoms with Gasteiger partial charge >= 0.3 is 0 Å². The van der Waals surface area contributed by atoms with E-state index in [4.69, 9.17) is 15.8 Å². The van der Waals surface area contributed by atoms with Gasteiger partial charge in [-0.3, -0.25) is 4.90 Å². The first-order chi connectivity index (χ1) is 19.5. The zero-order valence-electron chi connectivity index (χ0n) is 23.2. The second kappa shape index (κ2) is 10.2. The maximum absolute atomic E-state index is 6.42. The van der Waals surface area contributed by atoms with Gasteiger partial charge in [0.05, 0.1) is 22.5 Å². The fourth-order valence-electron chi connectivity index (χ4n) is 6.40. The van der Waals surface area contributed by atoms with Gasteiger partial charge in [-0.1, -0.05) is 24.3 Å². The van der Waals surface area contributed by atoms with Gasteiger partial charge in [0.15, 0.2) is 5.65 Å². The number of nitrogens with zero attached hydrogens (tertiary/aromatic N) is 8. The molecule has 0 spiro atoms. The van der Waals surface area contributed by atoms with Crippen LogP contribution in [0.3, 0.4) is 0 Å². The Kier molecular flexibility index (Phi) is 6.36. The van der Waals surface area contributed by atoms with E-state index >= 15 is 0 Å². The summed E-state index contributed by atoms with van der Waals surface area (Å²) >= 11 is 0. The number of benzene rings is 2. The summed E-state index contributed by atoms with van der Waals surface area (Å²) in [5.41, 5.74) is 12.1. The average molecular weight is 537 g/mol. The molecule has 10 heteroatoms. The molecule has 40 heavy (non-hydrogen) atoms. The molecule has 206 valence electrons. The fraction of sp³-hybridized carbons (Fsp3) is 0.400. The number of nitrogens with one attached hydrogen (secondary N) is 1. The van der Waals surface area contributed by atoms with Crippen LogP contribution < -0.4 is 11.1 Å². The van der Waals surface area contributed by atoms with Gasteiger partial charge in [-0.25, -0.2) is 19.6 Å². The number of para-hydroxylation sites is 2. The second-order valence-electron chi connectivity index (χ2n) is 11.2. The molecule has 5 aromatic rings. The van der Waals surface area contributed by atoms with E-state index in [2.05, 4.69) is 71.7 Å². The molecule has 2 fully saturated rings. The molecule has 1 saturated heterocycles. The number of rotatable bonds is 5. The maximum Gasteiger partial charge on any atom is 0.208 e. The predicted molar refractivity (Wildman–Crippen MR) is 160 cm³/mol. The molecule has 0 bridgehead atoms. The minimum Gasteiger partial charge on any atom is -0.383 e. The van der Waals surface area contributed by atoms with Crippen LogP contribution in [0, 0.1) is 0 Å². The number of imidazole rings is 1. The highest BCUT2D eigenvalue weighted by Gasteiger charge is 2.30. The van der Waals surface area contributed by atoms with Gasteiger partial charge in [0.1, 0.15) is 17.8 Å². The summed E-state index contributed by atoms with van der Waals surface area (Å²) in [5, 5.41) is 9.41. The molecule has 10 nitrogen and oxygen atoms in total. The van der Waals surface area contributed by atoms with Crippen LogP contribution in [0.4, 0.5) is 17.5 Å². The smallest absolute Gasteiger partial charge is 0.208 e. The lowest BCUT2D eigenvalue weighted by Crippen LogP contribution is -2.49. The fourth-order valence-corrected chi connectivity index (χ4v) is 6.40. The van der Waals surface area contributed by atoms with Crippen molar-refractivity contribution < 1.29 is 0 Å². The van der Waals surface area contributed by atoms with E-state index < -0.39 is 0 Å². The second-order valence-corrected chi connectivity index (χ2v) is 11.2. The summed E-state index contributed by atoms with van der Waals surface area (Å²) in [6.45, 7) is 4.67. The SMILES string of the molecule is CN1CCN([C@H]2CC[C@@H](n3nc(-c4ccc(Nc5nc6ccccc6n5C)cc4)c4c(N)ncnc43)CC2)CC1. The normalized spacial score (nSPS) is 20.9. The van der Waals surface area contributed by atoms with E-state index in [1.165, 1.54) is 25.9 Å². The van der Waals surface area contributed by atoms with E-state index in [0.717, 1.165) is 70.9 Å². The lowest BCUT2D eigenvalue weighted by Gasteiger charge is -2.41. The first-order valence-electron chi connectivity index (χ1n) is 14.3. The van der Waals surface area contributed by atoms with Crippen LogP contribution in [0.5, 0.6) is 0 Å². The van der Waals surface area contributed by atoms with E-state index in [1.54, 1.807) is 6.33 Å². The van der Waals surface area contributed by atoms with Crippen molar-refractivity contribution in [1.82, 2.24) is 39.1 Å². The lowest BCUT2D eigenvalue weighted by molar-refractivity contribution is 0.0815. The summed E-state index contributed by atoms with van der Waals surface area (Å²) in [6.07, 6.45) is 6.12. The molecule has 0 amide bonds. The lowest BCUT2D eigenvalue weighted by atomic mass is 9.90. The number of piperazine rings is 1. The molecule has 1 aliphatic heterocycles. The molecule has 3 aromatic heterocycles. The third-order valence-corrected chi connectivity index (χ3v) is 8.79. The van der Waals surface area contributed by atoms with Gasteiger partial charge in [-0.15, -0.1) is 0 Å². The quantitative estimate of drug-likeness (QED) is 0.340. The first-order valence-corrected chi connectivity index (χ1v) is 14.3. The van der Waals surface area contributed by atoms with Gasteiger partial charge in [0.25, 0.3) is 0 Å². The number of hydrogen-bond donors (Lipinski definition) is 2. The van der Waals surface area contributed by atoms with Gasteiger partial charge in [0.2, 0.25) is 5.95 Å². The summed E-state index contributed by atoms with van der Waals surface area (Å²) < 4.78 is 4.18. The Bertz CT molecular complexity index is 1640. The van der Waals surface area contributed by atoms with Gasteiger partial charge in [0, 0.05) is 50.5 Å². The number of anilines is 3. The van der Waals surface area contributed by atoms with Crippen molar-refractivity contribution in [2.45, 2.75) is 37.8 Å². The average Bonchev–Trinajstić information content (AvgIpc) is 3.53. The highest BCUT2D eigenvalue weighted by molar-refractivity contribution is 5.98. The van der Waals surface area contributed by atoms with Crippen molar-refractivity contribution in [3.63, 3.8) is 0 Å². The van der Waals surface area contributed by atoms with Crippen LogP contribution in [0.1, 0.15) is 31.7 Å². The first kappa shape index (κ1) is 25.0. The van der Waals surface area contributed by atoms with E-state index in [-0.39, 0.29) is 0 Å². The van der Waals surface area contributed by atoms with Crippen LogP contribution in [0.15, 0.2) is 54.9 Å². The molecule has 0 atom stereocenters. The Balaban J connectivity index is 1.13. The number of likely N-dealkylation sites (N-methyl/N-ethyl adjacent to an activating group) is 1. The molecule has 3 N–H and O–H groups in total. The zero-order valence-corrected chi connectivity index (χ0v) is 23.2. The summed E-state index contributed by atoms with van der Waals surface area (Å²) in [7, 11) is 4.24. The minimum atomic E-state index is 0.313. The van der Waals surface area contributed by atoms with Crippen molar-refractivity contribution in [3.8, 4) is 11.3 Å². The van der Waals surface area contributed by atoms with Crippen molar-refractivity contribution in [2.75, 3.05) is 44.3 Å². The highest BCUT2D eigenvalue weighted by atomic mass is 15.3. The number of aromatic nitrogens is 6. The third-order valence-electron chi connectivity index (χ3n) is 8.79. The van der Waals surface area contributed by atoms with Crippen molar-refractivity contribution in [2.24, 2.45) is 7.05 Å². The predicted octanol–water partition coefficient (Wildman–Crippen LogP) is 4.44. The molecule has 0 radical (unpaired) electrons. The Labute approximate surface area is 233 Å². The Hall–Kier alpha value is -4.02. The Morgan fingerprint density at radius 3 is 2.33 bits per heavy atom. The molecule has 2 aromatic carbocycles. The molecule has 1 aliphatic carbocycles. The third kappa shape index (κ3) is 4.47. The highest BCUT2D eigenvalue weighted by Crippen LogP contribution is 2.37. The summed E-state index contributed by atoms with van der Waals surface area (Å²) in [4.78, 5) is 18.8. The zero-order chi connectivity index (χ0) is 27.2. The summed E-state index contributed by atoms with van der Waals surface area (Å²) in [6, 6.07) is 17.4. The van der Waals surface area contributed by atoms with Gasteiger partial charge in [-0.05, 0) is 57.0 Å². The molecule has 1 saturated carbocycles. The van der Waals surface area contributed by atoms with Crippen LogP contribution >= 0.6 is 0 Å². The minimum absolute atomic E-state index is 0.313. The number of nitrogens with two attached hydrogens (primary N) is 1. The number of aryl methyl sites for hydroxylation is 1. The largest absolute Gasteiger partial charge is 0.383 e. The molecule has 0 unspecified atom stereocenters. The summed E-state index contributed by atoms with van der Waals surface area (Å²) in [5.74, 6) is 1.27. The van der Waals surface area contributed by atoms with E-state index in [9.17, 15) is 0 Å².